The molecular formula is C118H239IO7. The van der Waals surface area contributed by atoms with Crippen LogP contribution in [0.1, 0.15) is 658 Å². The van der Waals surface area contributed by atoms with Crippen molar-refractivity contribution in [3.8, 4) is 0 Å². The Bertz CT molecular complexity index is 1510. The molecule has 0 fully saturated rings. The molecule has 0 aliphatic rings. The molecule has 8 heteroatoms. The normalized spacial score (nSPS) is 12.0. The zero-order valence-electron chi connectivity index (χ0n) is 88.1. The van der Waals surface area contributed by atoms with Gasteiger partial charge in [0, 0.05) is 49.5 Å². The minimum absolute atomic E-state index is 0.0281. The van der Waals surface area contributed by atoms with E-state index in [0.29, 0.717) is 19.8 Å². The Balaban J connectivity index is 0. The molecular weight excluding hydrogens is 1660 g/mol. The number of halogens is 1. The predicted octanol–water partition coefficient (Wildman–Crippen LogP) is 41.0. The Hall–Kier alpha value is 0.450. The number of aliphatic hydroxyl groups excluding tert-OH is 1. The summed E-state index contributed by atoms with van der Waals surface area (Å²) in [5.74, 6) is 0. The van der Waals surface area contributed by atoms with Gasteiger partial charge in [-0.25, -0.2) is 0 Å². The minimum atomic E-state index is -0.459. The smallest absolute Gasteiger partial charge is 0.0635 e. The van der Waals surface area contributed by atoms with Gasteiger partial charge in [0.15, 0.2) is 0 Å². The van der Waals surface area contributed by atoms with Crippen molar-refractivity contribution in [3.63, 3.8) is 0 Å². The first-order valence-electron chi connectivity index (χ1n) is 59.1. The topological polar surface area (TPSA) is 75.6 Å². The van der Waals surface area contributed by atoms with Crippen molar-refractivity contribution in [1.29, 1.82) is 0 Å². The Morgan fingerprint density at radius 3 is 0.310 bits per heavy atom. The highest BCUT2D eigenvalue weighted by Gasteiger charge is 2.32. The molecule has 1 N–H and O–H groups in total. The molecule has 0 aliphatic heterocycles. The summed E-state index contributed by atoms with van der Waals surface area (Å²) in [4.78, 5) is 0. The maximum Gasteiger partial charge on any atom is 0.0635 e. The Labute approximate surface area is 809 Å². The van der Waals surface area contributed by atoms with Gasteiger partial charge in [0.25, 0.3) is 0 Å². The van der Waals surface area contributed by atoms with Gasteiger partial charge in [-0.2, -0.15) is 0 Å². The molecule has 760 valence electrons. The van der Waals surface area contributed by atoms with Crippen molar-refractivity contribution in [2.75, 3.05) is 90.3 Å². The summed E-state index contributed by atoms with van der Waals surface area (Å²) in [5.41, 5.74) is -0.487. The second-order valence-corrected chi connectivity index (χ2v) is 42.2. The van der Waals surface area contributed by atoms with Gasteiger partial charge in [0.05, 0.1) is 51.7 Å². The van der Waals surface area contributed by atoms with Crippen LogP contribution >= 0.6 is 22.6 Å². The number of aliphatic hydroxyl groups is 1. The average Bonchev–Trinajstić information content (AvgIpc) is 0.883. The Kier molecular flexibility index (Phi) is 120. The lowest BCUT2D eigenvalue weighted by Gasteiger charge is -2.31. The third kappa shape index (κ3) is 108. The first-order chi connectivity index (χ1) is 62.5. The molecule has 0 radical (unpaired) electrons. The van der Waals surface area contributed by atoms with Gasteiger partial charge in [-0.05, 0) is 38.5 Å². The first-order valence-corrected chi connectivity index (χ1v) is 60.6. The van der Waals surface area contributed by atoms with Crippen LogP contribution in [-0.2, 0) is 28.4 Å². The molecule has 0 aromatic carbocycles. The fourth-order valence-electron chi connectivity index (χ4n) is 18.7. The van der Waals surface area contributed by atoms with Crippen LogP contribution in [0.15, 0.2) is 0 Å². The summed E-state index contributed by atoms with van der Waals surface area (Å²) in [7, 11) is 0. The SMILES string of the molecule is CCCCCCCCCCCCCCCCCCOCC(CI)(COCCCCCCCCCCCCCCCCCC)COCCCCCCCCCCCCCCCCCC.CCCCCCCCCCCCCCCCCCOCC(CO)(COCCCCCCCCCCCCCCCCCC)COCCCCCCCCCCCCCCCCCC. The zero-order valence-corrected chi connectivity index (χ0v) is 90.2. The van der Waals surface area contributed by atoms with E-state index in [2.05, 4.69) is 64.1 Å². The molecule has 0 amide bonds. The van der Waals surface area contributed by atoms with Crippen LogP contribution in [0.4, 0.5) is 0 Å². The van der Waals surface area contributed by atoms with Gasteiger partial charge in [-0.1, -0.05) is 642 Å². The van der Waals surface area contributed by atoms with Crippen molar-refractivity contribution in [2.24, 2.45) is 10.8 Å². The summed E-state index contributed by atoms with van der Waals surface area (Å²) in [6.45, 7) is 22.8. The number of alkyl halides is 1. The molecule has 0 aromatic heterocycles. The Morgan fingerprint density at radius 1 is 0.135 bits per heavy atom. The first kappa shape index (κ1) is 128. The van der Waals surface area contributed by atoms with E-state index in [-0.39, 0.29) is 12.0 Å². The third-order valence-electron chi connectivity index (χ3n) is 27.9. The molecule has 0 heterocycles. The molecule has 0 saturated heterocycles. The fraction of sp³-hybridized carbons (Fsp3) is 1.00. The van der Waals surface area contributed by atoms with Gasteiger partial charge >= 0.3 is 0 Å². The van der Waals surface area contributed by atoms with E-state index in [0.717, 1.165) is 83.2 Å². The van der Waals surface area contributed by atoms with Crippen LogP contribution in [0.2, 0.25) is 0 Å². The molecule has 0 aromatic rings. The van der Waals surface area contributed by atoms with Crippen LogP contribution in [0.3, 0.4) is 0 Å². The average molecular weight is 1900 g/mol. The molecule has 0 saturated carbocycles. The largest absolute Gasteiger partial charge is 0.396 e. The lowest BCUT2D eigenvalue weighted by Crippen LogP contribution is -2.41. The lowest BCUT2D eigenvalue weighted by atomic mass is 9.92. The van der Waals surface area contributed by atoms with Gasteiger partial charge < -0.3 is 33.5 Å². The highest BCUT2D eigenvalue weighted by Crippen LogP contribution is 2.28. The Morgan fingerprint density at radius 2 is 0.222 bits per heavy atom. The van der Waals surface area contributed by atoms with E-state index in [1.54, 1.807) is 0 Å². The second-order valence-electron chi connectivity index (χ2n) is 41.4. The molecule has 7 nitrogen and oxygen atoms in total. The zero-order chi connectivity index (χ0) is 91.0. The summed E-state index contributed by atoms with van der Waals surface area (Å²) >= 11 is 2.58. The molecule has 0 aliphatic carbocycles. The van der Waals surface area contributed by atoms with Gasteiger partial charge in [-0.3, -0.25) is 0 Å². The van der Waals surface area contributed by atoms with E-state index in [1.807, 2.05) is 0 Å². The quantitative estimate of drug-likeness (QED) is 0.0369. The van der Waals surface area contributed by atoms with Crippen LogP contribution < -0.4 is 0 Å². The summed E-state index contributed by atoms with van der Waals surface area (Å²) in [6.07, 6.45) is 134. The molecule has 0 rings (SSSR count). The maximum atomic E-state index is 10.7. The minimum Gasteiger partial charge on any atom is -0.396 e. The summed E-state index contributed by atoms with van der Waals surface area (Å²) in [5, 5.41) is 10.7. The lowest BCUT2D eigenvalue weighted by molar-refractivity contribution is -0.0937. The van der Waals surface area contributed by atoms with Gasteiger partial charge in [0.1, 0.15) is 0 Å². The number of unbranched alkanes of at least 4 members (excludes halogenated alkanes) is 90. The van der Waals surface area contributed by atoms with Crippen molar-refractivity contribution < 1.29 is 33.5 Å². The van der Waals surface area contributed by atoms with E-state index in [4.69, 9.17) is 28.4 Å². The molecule has 0 unspecified atom stereocenters. The van der Waals surface area contributed by atoms with Crippen LogP contribution in [0, 0.1) is 10.8 Å². The molecule has 0 spiro atoms. The molecule has 0 bridgehead atoms. The monoisotopic (exact) mass is 1900 g/mol. The van der Waals surface area contributed by atoms with Crippen LogP contribution in [-0.4, -0.2) is 95.4 Å². The van der Waals surface area contributed by atoms with E-state index >= 15 is 0 Å². The van der Waals surface area contributed by atoms with Gasteiger partial charge in [0.2, 0.25) is 0 Å². The number of rotatable bonds is 116. The number of ether oxygens (including phenoxy) is 6. The second kappa shape index (κ2) is 118. The molecule has 126 heavy (non-hydrogen) atoms. The van der Waals surface area contributed by atoms with Crippen molar-refractivity contribution in [3.05, 3.63) is 0 Å². The van der Waals surface area contributed by atoms with Crippen LogP contribution in [0.5, 0.6) is 0 Å². The highest BCUT2D eigenvalue weighted by molar-refractivity contribution is 14.1. The van der Waals surface area contributed by atoms with E-state index in [1.165, 1.54) is 597 Å². The number of hydrogen-bond acceptors (Lipinski definition) is 7. The fourth-order valence-corrected chi connectivity index (χ4v) is 19.4. The van der Waals surface area contributed by atoms with Crippen LogP contribution in [0.25, 0.3) is 0 Å². The standard InChI is InChI=1S/C59H119IO3.C59H120O4/c2*1-4-7-10-13-16-19-22-25-28-31-34-37-40-43-46-49-52-61-56-59(55-60,57-62-53-50-47-44-41-38-35-32-29-26-23-20-17-14-11-8-5-2)58-63-54-51-48-45-42-39-36-33-30-27-24-21-18-15-12-9-6-3/h4-58H2,1-3H3;60H,4-58H2,1-3H3. The number of hydrogen-bond donors (Lipinski definition) is 1. The molecule has 0 atom stereocenters. The van der Waals surface area contributed by atoms with Crippen molar-refractivity contribution >= 4 is 22.6 Å². The summed E-state index contributed by atoms with van der Waals surface area (Å²) in [6, 6.07) is 0. The third-order valence-corrected chi connectivity index (χ3v) is 29.5. The van der Waals surface area contributed by atoms with Crippen molar-refractivity contribution in [2.45, 2.75) is 658 Å². The summed E-state index contributed by atoms with van der Waals surface area (Å²) < 4.78 is 39.1. The maximum absolute atomic E-state index is 10.7. The highest BCUT2D eigenvalue weighted by atomic mass is 127. The van der Waals surface area contributed by atoms with E-state index in [9.17, 15) is 5.11 Å². The van der Waals surface area contributed by atoms with Gasteiger partial charge in [-0.15, -0.1) is 0 Å². The van der Waals surface area contributed by atoms with E-state index < -0.39 is 5.41 Å². The van der Waals surface area contributed by atoms with Crippen molar-refractivity contribution in [1.82, 2.24) is 0 Å². The predicted molar refractivity (Wildman–Crippen MR) is 573 cm³/mol.